The van der Waals surface area contributed by atoms with Gasteiger partial charge in [0.1, 0.15) is 0 Å². The van der Waals surface area contributed by atoms with E-state index in [0.717, 1.165) is 0 Å². The fourth-order valence-electron chi connectivity index (χ4n) is 0.0680. The molecule has 0 aromatic heterocycles. The number of rotatable bonds is 2. The normalized spacial score (nSPS) is 6.60. The van der Waals surface area contributed by atoms with Crippen LogP contribution >= 0.6 is 21.4 Å². The van der Waals surface area contributed by atoms with Gasteiger partial charge in [0.05, 0.1) is 0 Å². The molecule has 0 heterocycles. The molecule has 0 unspecified atom stereocenters. The van der Waals surface area contributed by atoms with Gasteiger partial charge in [0.2, 0.25) is 0 Å². The van der Waals surface area contributed by atoms with Crippen LogP contribution in [0.4, 0.5) is 0 Å². The molecule has 5 heavy (non-hydrogen) atoms. The molecular formula is C2H5BS2. The Labute approximate surface area is 40.9 Å². The summed E-state index contributed by atoms with van der Waals surface area (Å²) in [6.45, 7) is 3.49. The second-order valence-corrected chi connectivity index (χ2v) is 2.87. The molecule has 0 N–H and O–H groups in total. The molecule has 0 saturated heterocycles. The van der Waals surface area contributed by atoms with E-state index in [0.29, 0.717) is 0 Å². The van der Waals surface area contributed by atoms with Gasteiger partial charge < -0.3 is 0 Å². The second kappa shape index (κ2) is 4.63. The molecule has 0 aliphatic carbocycles. The minimum absolute atomic E-state index is 1.64. The Kier molecular flexibility index (Phi) is 5.22. The van der Waals surface area contributed by atoms with Gasteiger partial charge in [-0.25, -0.2) is 0 Å². The average molecular weight is 104 g/mol. The molecule has 0 radical (unpaired) electrons. The zero-order valence-corrected chi connectivity index (χ0v) is 4.73. The van der Waals surface area contributed by atoms with E-state index >= 15 is 0 Å². The first-order valence-corrected chi connectivity index (χ1v) is 3.84. The van der Waals surface area contributed by atoms with Crippen molar-refractivity contribution in [3.05, 3.63) is 0 Å². The third-order valence-electron chi connectivity index (χ3n) is 0.164. The predicted octanol–water partition coefficient (Wildman–Crippen LogP) is 1.05. The molecule has 0 rings (SSSR count). The Morgan fingerprint density at radius 2 is 2.40 bits per heavy atom. The summed E-state index contributed by atoms with van der Waals surface area (Å²) in [5.74, 6) is 0. The van der Waals surface area contributed by atoms with E-state index in [1.807, 2.05) is 12.5 Å². The van der Waals surface area contributed by atoms with Crippen LogP contribution in [0.15, 0.2) is 0 Å². The Morgan fingerprint density at radius 1 is 1.80 bits per heavy atom. The summed E-state index contributed by atoms with van der Waals surface area (Å²) >= 11 is 0. The quantitative estimate of drug-likeness (QED) is 0.379. The molecule has 3 heteroatoms. The van der Waals surface area contributed by atoms with E-state index in [1.165, 1.54) is 0 Å². The van der Waals surface area contributed by atoms with Gasteiger partial charge in [-0.1, -0.05) is 0 Å². The summed E-state index contributed by atoms with van der Waals surface area (Å²) in [5, 5.41) is 0. The van der Waals surface area contributed by atoms with Crippen LogP contribution in [0.5, 0.6) is 0 Å². The van der Waals surface area contributed by atoms with E-state index in [4.69, 9.17) is 0 Å². The van der Waals surface area contributed by atoms with Crippen molar-refractivity contribution in [3.63, 3.8) is 0 Å². The molecule has 0 atom stereocenters. The van der Waals surface area contributed by atoms with Crippen molar-refractivity contribution >= 4 is 34.1 Å². The predicted molar refractivity (Wildman–Crippen MR) is 34.0 cm³/mol. The third kappa shape index (κ3) is 4.63. The summed E-state index contributed by atoms with van der Waals surface area (Å²) < 4.78 is 0. The zero-order chi connectivity index (χ0) is 4.12. The van der Waals surface area contributed by atoms with Crippen LogP contribution in [-0.4, -0.2) is 18.9 Å². The Bertz CT molecular complexity index is 28.8. The van der Waals surface area contributed by atoms with Crippen molar-refractivity contribution in [2.45, 2.75) is 0 Å². The van der Waals surface area contributed by atoms with Crippen molar-refractivity contribution in [2.75, 3.05) is 6.26 Å². The van der Waals surface area contributed by atoms with Gasteiger partial charge in [-0.15, -0.1) is 0 Å². The Morgan fingerprint density at radius 3 is 2.40 bits per heavy atom. The third-order valence-corrected chi connectivity index (χ3v) is 1.48. The van der Waals surface area contributed by atoms with Crippen molar-refractivity contribution < 1.29 is 0 Å². The summed E-state index contributed by atoms with van der Waals surface area (Å²) in [6, 6.07) is 0. The fraction of sp³-hybridized carbons (Fsp3) is 0.500. The molecule has 0 aromatic rings. The van der Waals surface area contributed by atoms with Gasteiger partial charge in [0.15, 0.2) is 0 Å². The maximum atomic E-state index is 3.49. The second-order valence-electron chi connectivity index (χ2n) is 0.430. The van der Waals surface area contributed by atoms with E-state index in [2.05, 4.69) is 6.47 Å². The average Bonchev–Trinajstić information content (AvgIpc) is 1.41. The molecule has 0 amide bonds. The van der Waals surface area contributed by atoms with Crippen molar-refractivity contribution in [1.29, 1.82) is 0 Å². The summed E-state index contributed by atoms with van der Waals surface area (Å²) in [7, 11) is 3.34. The van der Waals surface area contributed by atoms with Gasteiger partial charge in [0.25, 0.3) is 0 Å². The van der Waals surface area contributed by atoms with Crippen molar-refractivity contribution in [1.82, 2.24) is 0 Å². The zero-order valence-electron chi connectivity index (χ0n) is 3.10. The molecule has 0 spiro atoms. The van der Waals surface area contributed by atoms with Gasteiger partial charge in [-0.05, 0) is 0 Å². The van der Waals surface area contributed by atoms with Gasteiger partial charge in [-0.3, -0.25) is 0 Å². The van der Waals surface area contributed by atoms with E-state index < -0.39 is 0 Å². The Hall–Kier alpha value is 0.635. The van der Waals surface area contributed by atoms with Crippen molar-refractivity contribution in [2.24, 2.45) is 0 Å². The maximum absolute atomic E-state index is 3.49. The molecule has 28 valence electrons. The molecule has 0 saturated carbocycles. The molecule has 0 aromatic carbocycles. The topological polar surface area (TPSA) is 0 Å². The number of hydrogen-bond donors (Lipinski definition) is 0. The first kappa shape index (κ1) is 5.63. The van der Waals surface area contributed by atoms with Crippen LogP contribution in [-0.2, 0) is 0 Å². The minimum atomic E-state index is 1.64. The van der Waals surface area contributed by atoms with Crippen LogP contribution in [0.2, 0.25) is 0 Å². The van der Waals surface area contributed by atoms with Crippen molar-refractivity contribution in [3.8, 4) is 0 Å². The van der Waals surface area contributed by atoms with E-state index in [1.54, 1.807) is 21.4 Å². The van der Waals surface area contributed by atoms with Gasteiger partial charge >= 0.3 is 40.4 Å². The molecular weight excluding hydrogens is 99.0 g/mol. The molecule has 0 aliphatic rings. The Balaban J connectivity index is 2.40. The molecule has 0 fully saturated rings. The fourth-order valence-corrected chi connectivity index (χ4v) is 0.612. The first-order chi connectivity index (χ1) is 2.41. The van der Waals surface area contributed by atoms with Crippen LogP contribution in [0, 0.1) is 0 Å². The molecule has 0 nitrogen and oxygen atoms in total. The van der Waals surface area contributed by atoms with Crippen LogP contribution < -0.4 is 0 Å². The van der Waals surface area contributed by atoms with Crippen LogP contribution in [0.3, 0.4) is 0 Å². The number of hydrogen-bond acceptors (Lipinski definition) is 2. The first-order valence-electron chi connectivity index (χ1n) is 1.22. The monoisotopic (exact) mass is 104 g/mol. The molecule has 0 aliphatic heterocycles. The molecule has 0 bridgehead atoms. The summed E-state index contributed by atoms with van der Waals surface area (Å²) in [4.78, 5) is 0. The summed E-state index contributed by atoms with van der Waals surface area (Å²) in [6.07, 6.45) is 3.83. The summed E-state index contributed by atoms with van der Waals surface area (Å²) in [5.41, 5.74) is 0. The van der Waals surface area contributed by atoms with Crippen LogP contribution in [0.25, 0.3) is 0 Å². The van der Waals surface area contributed by atoms with E-state index in [-0.39, 0.29) is 0 Å². The van der Waals surface area contributed by atoms with Gasteiger partial charge in [0, 0.05) is 0 Å². The van der Waals surface area contributed by atoms with Gasteiger partial charge in [-0.2, -0.15) is 0 Å². The van der Waals surface area contributed by atoms with Crippen LogP contribution in [0.1, 0.15) is 0 Å². The standard InChI is InChI=1S/C2H5BS2/c1-3-5-4-2/h1H2,2H3. The van der Waals surface area contributed by atoms with E-state index in [9.17, 15) is 0 Å². The SMILES string of the molecule is C=BSSC.